The average molecular weight is 398 g/mol. The SMILES string of the molecule is CCc1ccc(S(=O)(=O)N2CCN(c3cc(-n4cccc4)ncn3)CC2)cc1. The number of aryl methyl sites for hydroxylation is 1. The van der Waals surface area contributed by atoms with Gasteiger partial charge >= 0.3 is 0 Å². The lowest BCUT2D eigenvalue weighted by molar-refractivity contribution is 0.383. The van der Waals surface area contributed by atoms with Crippen LogP contribution in [-0.2, 0) is 16.4 Å². The lowest BCUT2D eigenvalue weighted by Crippen LogP contribution is -2.48. The summed E-state index contributed by atoms with van der Waals surface area (Å²) in [7, 11) is -3.47. The van der Waals surface area contributed by atoms with Crippen LogP contribution in [0.15, 0.2) is 66.1 Å². The van der Waals surface area contributed by atoms with Crippen LogP contribution in [0.2, 0.25) is 0 Å². The molecule has 0 spiro atoms. The first-order chi connectivity index (χ1) is 13.6. The molecular weight excluding hydrogens is 374 g/mol. The molecule has 1 aliphatic rings. The van der Waals surface area contributed by atoms with Crippen molar-refractivity contribution in [3.05, 3.63) is 66.7 Å². The fourth-order valence-corrected chi connectivity index (χ4v) is 4.76. The smallest absolute Gasteiger partial charge is 0.243 e. The first-order valence-electron chi connectivity index (χ1n) is 9.37. The van der Waals surface area contributed by atoms with Crippen LogP contribution in [0.3, 0.4) is 0 Å². The van der Waals surface area contributed by atoms with Gasteiger partial charge in [-0.2, -0.15) is 4.31 Å². The fraction of sp³-hybridized carbons (Fsp3) is 0.300. The third kappa shape index (κ3) is 3.65. The van der Waals surface area contributed by atoms with Crippen molar-refractivity contribution in [3.8, 4) is 5.82 Å². The van der Waals surface area contributed by atoms with Gasteiger partial charge in [-0.05, 0) is 36.2 Å². The second kappa shape index (κ2) is 7.73. The number of sulfonamides is 1. The van der Waals surface area contributed by atoms with Crippen molar-refractivity contribution in [2.45, 2.75) is 18.2 Å². The summed E-state index contributed by atoms with van der Waals surface area (Å²) in [6.45, 7) is 4.10. The standard InChI is InChI=1S/C20H23N5O2S/c1-2-17-5-7-18(8-6-17)28(26,27)25-13-11-24(12-14-25)20-15-19(21-16-22-20)23-9-3-4-10-23/h3-10,15-16H,2,11-14H2,1H3. The van der Waals surface area contributed by atoms with E-state index in [4.69, 9.17) is 0 Å². The minimum Gasteiger partial charge on any atom is -0.354 e. The maximum absolute atomic E-state index is 12.9. The molecule has 0 bridgehead atoms. The Morgan fingerprint density at radius 2 is 1.57 bits per heavy atom. The quantitative estimate of drug-likeness (QED) is 0.661. The summed E-state index contributed by atoms with van der Waals surface area (Å²) >= 11 is 0. The van der Waals surface area contributed by atoms with Crippen molar-refractivity contribution in [1.82, 2.24) is 18.8 Å². The highest BCUT2D eigenvalue weighted by Gasteiger charge is 2.29. The van der Waals surface area contributed by atoms with Crippen LogP contribution in [0.5, 0.6) is 0 Å². The van der Waals surface area contributed by atoms with E-state index in [9.17, 15) is 8.42 Å². The molecule has 3 aromatic rings. The Bertz CT molecular complexity index is 1020. The molecule has 28 heavy (non-hydrogen) atoms. The number of hydrogen-bond acceptors (Lipinski definition) is 5. The van der Waals surface area contributed by atoms with Gasteiger partial charge in [-0.15, -0.1) is 0 Å². The van der Waals surface area contributed by atoms with Gasteiger partial charge in [0.15, 0.2) is 0 Å². The van der Waals surface area contributed by atoms with Gasteiger partial charge in [0.25, 0.3) is 0 Å². The molecule has 0 atom stereocenters. The molecule has 0 unspecified atom stereocenters. The average Bonchev–Trinajstić information content (AvgIpc) is 3.29. The number of nitrogens with zero attached hydrogens (tertiary/aromatic N) is 5. The molecule has 1 aromatic carbocycles. The van der Waals surface area contributed by atoms with Crippen LogP contribution in [-0.4, -0.2) is 53.4 Å². The third-order valence-electron chi connectivity index (χ3n) is 5.04. The van der Waals surface area contributed by atoms with E-state index in [1.54, 1.807) is 22.8 Å². The summed E-state index contributed by atoms with van der Waals surface area (Å²) in [5, 5.41) is 0. The van der Waals surface area contributed by atoms with Crippen LogP contribution in [0, 0.1) is 0 Å². The molecule has 0 aliphatic carbocycles. The number of hydrogen-bond donors (Lipinski definition) is 0. The second-order valence-corrected chi connectivity index (χ2v) is 8.65. The van der Waals surface area contributed by atoms with E-state index < -0.39 is 10.0 Å². The van der Waals surface area contributed by atoms with Gasteiger partial charge < -0.3 is 9.47 Å². The van der Waals surface area contributed by atoms with Crippen molar-refractivity contribution < 1.29 is 8.42 Å². The minimum atomic E-state index is -3.47. The van der Waals surface area contributed by atoms with Gasteiger partial charge in [-0.1, -0.05) is 19.1 Å². The number of piperazine rings is 1. The summed E-state index contributed by atoms with van der Waals surface area (Å²) in [4.78, 5) is 11.1. The van der Waals surface area contributed by atoms with E-state index in [0.717, 1.165) is 23.6 Å². The zero-order valence-corrected chi connectivity index (χ0v) is 16.6. The second-order valence-electron chi connectivity index (χ2n) is 6.71. The van der Waals surface area contributed by atoms with E-state index in [0.29, 0.717) is 31.1 Å². The highest BCUT2D eigenvalue weighted by atomic mass is 32.2. The molecule has 1 fully saturated rings. The Kier molecular flexibility index (Phi) is 5.15. The largest absolute Gasteiger partial charge is 0.354 e. The minimum absolute atomic E-state index is 0.357. The van der Waals surface area contributed by atoms with Crippen LogP contribution >= 0.6 is 0 Å². The first kappa shape index (κ1) is 18.6. The van der Waals surface area contributed by atoms with Crippen LogP contribution in [0.25, 0.3) is 5.82 Å². The maximum Gasteiger partial charge on any atom is 0.243 e. The van der Waals surface area contributed by atoms with Crippen molar-refractivity contribution in [1.29, 1.82) is 0 Å². The predicted octanol–water partition coefficient (Wildman–Crippen LogP) is 2.34. The molecule has 1 aliphatic heterocycles. The molecular formula is C20H23N5O2S. The molecule has 0 N–H and O–H groups in total. The van der Waals surface area contributed by atoms with Crippen molar-refractivity contribution in [3.63, 3.8) is 0 Å². The van der Waals surface area contributed by atoms with E-state index in [-0.39, 0.29) is 0 Å². The van der Waals surface area contributed by atoms with Gasteiger partial charge in [0, 0.05) is 44.6 Å². The van der Waals surface area contributed by atoms with Gasteiger partial charge in [0.1, 0.15) is 18.0 Å². The molecule has 0 saturated carbocycles. The molecule has 0 radical (unpaired) electrons. The van der Waals surface area contributed by atoms with Crippen molar-refractivity contribution in [2.75, 3.05) is 31.1 Å². The number of aromatic nitrogens is 3. The topological polar surface area (TPSA) is 71.3 Å². The van der Waals surface area contributed by atoms with E-state index >= 15 is 0 Å². The zero-order chi connectivity index (χ0) is 19.6. The van der Waals surface area contributed by atoms with Gasteiger partial charge in [-0.3, -0.25) is 0 Å². The summed E-state index contributed by atoms with van der Waals surface area (Å²) < 4.78 is 29.3. The molecule has 4 rings (SSSR count). The lowest BCUT2D eigenvalue weighted by atomic mass is 10.2. The Hall–Kier alpha value is -2.71. The van der Waals surface area contributed by atoms with E-state index in [1.165, 1.54) is 0 Å². The van der Waals surface area contributed by atoms with Gasteiger partial charge in [0.05, 0.1) is 4.90 Å². The predicted molar refractivity (Wildman–Crippen MR) is 108 cm³/mol. The summed E-state index contributed by atoms with van der Waals surface area (Å²) in [5.41, 5.74) is 1.13. The Labute approximate surface area is 165 Å². The molecule has 7 nitrogen and oxygen atoms in total. The van der Waals surface area contributed by atoms with Crippen LogP contribution in [0.4, 0.5) is 5.82 Å². The summed E-state index contributed by atoms with van der Waals surface area (Å²) in [5.74, 6) is 1.60. The lowest BCUT2D eigenvalue weighted by Gasteiger charge is -2.34. The molecule has 1 saturated heterocycles. The molecule has 146 valence electrons. The highest BCUT2D eigenvalue weighted by Crippen LogP contribution is 2.21. The highest BCUT2D eigenvalue weighted by molar-refractivity contribution is 7.89. The van der Waals surface area contributed by atoms with Crippen molar-refractivity contribution in [2.24, 2.45) is 0 Å². The van der Waals surface area contributed by atoms with Crippen molar-refractivity contribution >= 4 is 15.8 Å². The van der Waals surface area contributed by atoms with Gasteiger partial charge in [-0.25, -0.2) is 18.4 Å². The normalized spacial score (nSPS) is 15.7. The third-order valence-corrected chi connectivity index (χ3v) is 6.95. The van der Waals surface area contributed by atoms with Crippen LogP contribution in [0.1, 0.15) is 12.5 Å². The van der Waals surface area contributed by atoms with E-state index in [1.807, 2.05) is 47.3 Å². The maximum atomic E-state index is 12.9. The Balaban J connectivity index is 1.46. The molecule has 0 amide bonds. The molecule has 3 heterocycles. The fourth-order valence-electron chi connectivity index (χ4n) is 3.34. The Morgan fingerprint density at radius 3 is 2.21 bits per heavy atom. The van der Waals surface area contributed by atoms with Gasteiger partial charge in [0.2, 0.25) is 10.0 Å². The zero-order valence-electron chi connectivity index (χ0n) is 15.8. The number of rotatable bonds is 5. The Morgan fingerprint density at radius 1 is 0.929 bits per heavy atom. The van der Waals surface area contributed by atoms with Crippen LogP contribution < -0.4 is 4.90 Å². The monoisotopic (exact) mass is 397 g/mol. The molecule has 8 heteroatoms. The summed E-state index contributed by atoms with van der Waals surface area (Å²) in [6.07, 6.45) is 6.30. The first-order valence-corrected chi connectivity index (χ1v) is 10.8. The number of benzene rings is 1. The number of anilines is 1. The molecule has 2 aromatic heterocycles. The summed E-state index contributed by atoms with van der Waals surface area (Å²) in [6, 6.07) is 13.0. The van der Waals surface area contributed by atoms with E-state index in [2.05, 4.69) is 21.8 Å².